The summed E-state index contributed by atoms with van der Waals surface area (Å²) in [6, 6.07) is 16.1. The van der Waals surface area contributed by atoms with Gasteiger partial charge in [-0.2, -0.15) is 0 Å². The molecule has 0 aliphatic carbocycles. The van der Waals surface area contributed by atoms with Crippen molar-refractivity contribution in [3.8, 4) is 0 Å². The van der Waals surface area contributed by atoms with Crippen LogP contribution < -0.4 is 10.2 Å². The van der Waals surface area contributed by atoms with Crippen molar-refractivity contribution in [2.24, 2.45) is 0 Å². The highest BCUT2D eigenvalue weighted by atomic mass is 16.5. The van der Waals surface area contributed by atoms with Gasteiger partial charge < -0.3 is 20.1 Å². The van der Waals surface area contributed by atoms with Crippen molar-refractivity contribution >= 4 is 29.7 Å². The number of aliphatic hydroxyl groups excluding tert-OH is 1. The lowest BCUT2D eigenvalue weighted by Gasteiger charge is -2.30. The maximum atomic E-state index is 13.3. The van der Waals surface area contributed by atoms with Crippen LogP contribution in [0.5, 0.6) is 0 Å². The number of carbonyl (C=O) groups is 2. The molecule has 2 aromatic rings. The Labute approximate surface area is 221 Å². The minimum atomic E-state index is -0.391. The Morgan fingerprint density at radius 2 is 1.57 bits per heavy atom. The highest BCUT2D eigenvalue weighted by molar-refractivity contribution is 5.97. The molecule has 0 fully saturated rings. The molecule has 1 aliphatic rings. The van der Waals surface area contributed by atoms with Gasteiger partial charge in [0.25, 0.3) is 0 Å². The number of unbranched alkanes of at least 4 members (excludes halogenated alkanes) is 1. The molecule has 37 heavy (non-hydrogen) atoms. The normalized spacial score (nSPS) is 14.2. The molecular weight excluding hydrogens is 464 g/mol. The van der Waals surface area contributed by atoms with Gasteiger partial charge in [-0.3, -0.25) is 9.59 Å². The second kappa shape index (κ2) is 13.0. The fourth-order valence-electron chi connectivity index (χ4n) is 4.50. The number of rotatable bonds is 12. The molecular formula is C31H42N2O4. The van der Waals surface area contributed by atoms with E-state index in [1.807, 2.05) is 69.0 Å². The summed E-state index contributed by atoms with van der Waals surface area (Å²) < 4.78 is 5.88. The molecule has 0 atom stereocenters. The fraction of sp³-hybridized carbons (Fsp3) is 0.484. The van der Waals surface area contributed by atoms with E-state index in [1.54, 1.807) is 0 Å². The van der Waals surface area contributed by atoms with Gasteiger partial charge in [0, 0.05) is 31.6 Å². The number of hydrogen-bond donors (Lipinski definition) is 2. The van der Waals surface area contributed by atoms with Crippen molar-refractivity contribution in [2.75, 3.05) is 18.1 Å². The third kappa shape index (κ3) is 8.83. The van der Waals surface area contributed by atoms with Crippen LogP contribution in [0.15, 0.2) is 48.5 Å². The van der Waals surface area contributed by atoms with Gasteiger partial charge >= 0.3 is 0 Å². The van der Waals surface area contributed by atoms with Crippen molar-refractivity contribution in [3.63, 3.8) is 0 Å². The van der Waals surface area contributed by atoms with Crippen molar-refractivity contribution in [2.45, 2.75) is 83.9 Å². The van der Waals surface area contributed by atoms with Crippen molar-refractivity contribution in [1.82, 2.24) is 5.32 Å². The molecule has 0 radical (unpaired) electrons. The zero-order valence-corrected chi connectivity index (χ0v) is 22.8. The van der Waals surface area contributed by atoms with Crippen molar-refractivity contribution in [3.05, 3.63) is 65.2 Å². The van der Waals surface area contributed by atoms with Gasteiger partial charge in [-0.1, -0.05) is 54.6 Å². The van der Waals surface area contributed by atoms with Crippen molar-refractivity contribution < 1.29 is 19.4 Å². The molecule has 1 aliphatic heterocycles. The van der Waals surface area contributed by atoms with Gasteiger partial charge in [-0.15, -0.1) is 0 Å². The first-order valence-electron chi connectivity index (χ1n) is 13.3. The van der Waals surface area contributed by atoms with E-state index in [2.05, 4.69) is 29.6 Å². The van der Waals surface area contributed by atoms with Crippen LogP contribution in [0.25, 0.3) is 12.2 Å². The largest absolute Gasteiger partial charge is 0.396 e. The van der Waals surface area contributed by atoms with Crippen LogP contribution in [0.3, 0.4) is 0 Å². The second-order valence-corrected chi connectivity index (χ2v) is 11.0. The molecule has 2 aromatic carbocycles. The highest BCUT2D eigenvalue weighted by Gasteiger charge is 2.24. The quantitative estimate of drug-likeness (QED) is 0.361. The number of aliphatic hydroxyl groups is 1. The summed E-state index contributed by atoms with van der Waals surface area (Å²) >= 11 is 0. The van der Waals surface area contributed by atoms with Gasteiger partial charge in [-0.25, -0.2) is 0 Å². The fourth-order valence-corrected chi connectivity index (χ4v) is 4.50. The number of hydrogen-bond acceptors (Lipinski definition) is 4. The molecule has 6 heteroatoms. The smallest absolute Gasteiger partial charge is 0.227 e. The van der Waals surface area contributed by atoms with Gasteiger partial charge in [0.1, 0.15) is 0 Å². The van der Waals surface area contributed by atoms with E-state index in [0.29, 0.717) is 51.7 Å². The zero-order chi connectivity index (χ0) is 26.9. The first kappa shape index (κ1) is 28.6. The molecule has 1 heterocycles. The Bertz CT molecular complexity index is 1090. The third-order valence-corrected chi connectivity index (χ3v) is 6.81. The maximum absolute atomic E-state index is 13.3. The SMILES string of the molecule is CC(C)(CCOC(C)(C)CCO)NC(=O)CCCCC(=O)N1Cc2ccccc2/C=C\c2ccccc21. The Hall–Kier alpha value is -2.96. The van der Waals surface area contributed by atoms with E-state index in [-0.39, 0.29) is 24.0 Å². The Morgan fingerprint density at radius 1 is 0.919 bits per heavy atom. The number of nitrogens with one attached hydrogen (secondary N) is 1. The number of benzene rings is 2. The number of fused-ring (bicyclic) bond motifs is 2. The predicted molar refractivity (Wildman–Crippen MR) is 150 cm³/mol. The van der Waals surface area contributed by atoms with Crippen LogP contribution in [0.2, 0.25) is 0 Å². The summed E-state index contributed by atoms with van der Waals surface area (Å²) in [4.78, 5) is 27.8. The average molecular weight is 507 g/mol. The lowest BCUT2D eigenvalue weighted by Crippen LogP contribution is -2.44. The molecule has 0 spiro atoms. The molecule has 6 nitrogen and oxygen atoms in total. The van der Waals surface area contributed by atoms with E-state index in [0.717, 1.165) is 22.4 Å². The second-order valence-electron chi connectivity index (χ2n) is 11.0. The standard InChI is InChI=1S/C31H42N2O4/c1-30(2,20-22-37-31(3,4)19-21-34)32-28(35)15-9-10-16-29(36)33-23-26-13-6-5-11-24(26)17-18-25-12-7-8-14-27(25)33/h5-8,11-14,17-18,34H,9-10,15-16,19-23H2,1-4H3,(H,32,35)/b18-17-. The molecule has 2 amide bonds. The summed E-state index contributed by atoms with van der Waals surface area (Å²) in [5.74, 6) is 0.0590. The lowest BCUT2D eigenvalue weighted by molar-refractivity contribution is -0.123. The molecule has 2 N–H and O–H groups in total. The number of amides is 2. The van der Waals surface area contributed by atoms with E-state index >= 15 is 0 Å². The third-order valence-electron chi connectivity index (χ3n) is 6.81. The molecule has 0 unspecified atom stereocenters. The first-order chi connectivity index (χ1) is 17.6. The van der Waals surface area contributed by atoms with Gasteiger partial charge in [0.15, 0.2) is 0 Å². The van der Waals surface area contributed by atoms with Crippen LogP contribution in [0, 0.1) is 0 Å². The van der Waals surface area contributed by atoms with Crippen LogP contribution in [-0.2, 0) is 20.9 Å². The van der Waals surface area contributed by atoms with Crippen LogP contribution >= 0.6 is 0 Å². The highest BCUT2D eigenvalue weighted by Crippen LogP contribution is 2.29. The summed E-state index contributed by atoms with van der Waals surface area (Å²) in [5, 5.41) is 12.2. The Balaban J connectivity index is 1.49. The summed E-state index contributed by atoms with van der Waals surface area (Å²) in [6.45, 7) is 9.01. The van der Waals surface area contributed by atoms with E-state index in [4.69, 9.17) is 9.84 Å². The molecule has 0 saturated heterocycles. The van der Waals surface area contributed by atoms with E-state index in [9.17, 15) is 9.59 Å². The molecule has 0 bridgehead atoms. The van der Waals surface area contributed by atoms with Gasteiger partial charge in [0.05, 0.1) is 17.8 Å². The number of carbonyl (C=O) groups excluding carboxylic acids is 2. The zero-order valence-electron chi connectivity index (χ0n) is 22.8. The molecule has 0 saturated carbocycles. The number of ether oxygens (including phenoxy) is 1. The minimum absolute atomic E-state index is 0.0114. The minimum Gasteiger partial charge on any atom is -0.396 e. The molecule has 200 valence electrons. The van der Waals surface area contributed by atoms with Crippen LogP contribution in [-0.4, -0.2) is 41.3 Å². The van der Waals surface area contributed by atoms with Crippen LogP contribution in [0.1, 0.15) is 82.9 Å². The van der Waals surface area contributed by atoms with Gasteiger partial charge in [-0.05, 0) is 76.1 Å². The first-order valence-corrected chi connectivity index (χ1v) is 13.3. The summed E-state index contributed by atoms with van der Waals surface area (Å²) in [6.07, 6.45) is 7.51. The number of anilines is 1. The molecule has 0 aromatic heterocycles. The molecule has 3 rings (SSSR count). The van der Waals surface area contributed by atoms with E-state index < -0.39 is 5.54 Å². The van der Waals surface area contributed by atoms with E-state index in [1.165, 1.54) is 0 Å². The van der Waals surface area contributed by atoms with Crippen LogP contribution in [0.4, 0.5) is 5.69 Å². The topological polar surface area (TPSA) is 78.9 Å². The Kier molecular flexibility index (Phi) is 10.1. The number of nitrogens with zero attached hydrogens (tertiary/aromatic N) is 1. The maximum Gasteiger partial charge on any atom is 0.227 e. The number of para-hydroxylation sites is 1. The summed E-state index contributed by atoms with van der Waals surface area (Å²) in [5.41, 5.74) is 3.41. The monoisotopic (exact) mass is 506 g/mol. The lowest BCUT2D eigenvalue weighted by atomic mass is 9.99. The van der Waals surface area contributed by atoms with Gasteiger partial charge in [0.2, 0.25) is 11.8 Å². The average Bonchev–Trinajstić information content (AvgIpc) is 2.82. The summed E-state index contributed by atoms with van der Waals surface area (Å²) in [7, 11) is 0. The predicted octanol–water partition coefficient (Wildman–Crippen LogP) is 5.73. The van der Waals surface area contributed by atoms with Crippen molar-refractivity contribution in [1.29, 1.82) is 0 Å². The Morgan fingerprint density at radius 3 is 2.32 bits per heavy atom.